The second-order valence-electron chi connectivity index (χ2n) is 4.68. The first kappa shape index (κ1) is 18.8. The lowest BCUT2D eigenvalue weighted by Crippen LogP contribution is -2.04. The molecule has 0 radical (unpaired) electrons. The zero-order valence-electron chi connectivity index (χ0n) is 12.3. The van der Waals surface area contributed by atoms with Gasteiger partial charge in [-0.2, -0.15) is 5.26 Å². The van der Waals surface area contributed by atoms with Crippen molar-refractivity contribution >= 4 is 51.6 Å². The second-order valence-corrected chi connectivity index (χ2v) is 5.50. The van der Waals surface area contributed by atoms with Crippen molar-refractivity contribution in [1.82, 2.24) is 0 Å². The maximum absolute atomic E-state index is 11.2. The van der Waals surface area contributed by atoms with Crippen LogP contribution in [0.25, 0.3) is 0 Å². The second kappa shape index (κ2) is 7.18. The summed E-state index contributed by atoms with van der Waals surface area (Å²) in [5, 5.41) is 44.3. The molecule has 0 amide bonds. The van der Waals surface area contributed by atoms with Gasteiger partial charge in [-0.3, -0.25) is 30.3 Å². The molecule has 0 atom stereocenters. The van der Waals surface area contributed by atoms with E-state index in [1.807, 2.05) is 0 Å². The monoisotopic (exact) mass is 397 g/mol. The fourth-order valence-electron chi connectivity index (χ4n) is 2.00. The third-order valence-corrected chi connectivity index (χ3v) is 3.70. The van der Waals surface area contributed by atoms with Gasteiger partial charge in [-0.25, -0.2) is 0 Å². The summed E-state index contributed by atoms with van der Waals surface area (Å²) >= 11 is 11.9. The topological polar surface area (TPSA) is 165 Å². The van der Waals surface area contributed by atoms with E-state index in [1.54, 1.807) is 6.07 Å². The molecule has 13 heteroatoms. The Balaban J connectivity index is 2.74. The molecule has 0 aliphatic rings. The number of benzene rings is 2. The van der Waals surface area contributed by atoms with Crippen molar-refractivity contribution in [2.45, 2.75) is 0 Å². The summed E-state index contributed by atoms with van der Waals surface area (Å²) < 4.78 is 0. The first-order valence-electron chi connectivity index (χ1n) is 6.43. The van der Waals surface area contributed by atoms with Crippen molar-refractivity contribution in [3.8, 4) is 6.07 Å². The van der Waals surface area contributed by atoms with Gasteiger partial charge in [-0.05, 0) is 12.1 Å². The number of hydrogen-bond donors (Lipinski definition) is 1. The summed E-state index contributed by atoms with van der Waals surface area (Å²) in [6, 6.07) is 5.32. The molecule has 0 saturated carbocycles. The molecule has 1 N–H and O–H groups in total. The number of halogens is 2. The van der Waals surface area contributed by atoms with Crippen LogP contribution in [-0.2, 0) is 0 Å². The van der Waals surface area contributed by atoms with Gasteiger partial charge in [-0.15, -0.1) is 0 Å². The van der Waals surface area contributed by atoms with Crippen LogP contribution < -0.4 is 5.32 Å². The number of nitro benzene ring substituents is 3. The fraction of sp³-hybridized carbons (Fsp3) is 0. The summed E-state index contributed by atoms with van der Waals surface area (Å²) in [7, 11) is 0. The molecule has 11 nitrogen and oxygen atoms in total. The molecule has 2 rings (SSSR count). The highest BCUT2D eigenvalue weighted by Crippen LogP contribution is 2.43. The van der Waals surface area contributed by atoms with Gasteiger partial charge < -0.3 is 5.32 Å². The van der Waals surface area contributed by atoms with Crippen molar-refractivity contribution in [2.75, 3.05) is 5.32 Å². The van der Waals surface area contributed by atoms with Gasteiger partial charge in [0, 0.05) is 0 Å². The van der Waals surface area contributed by atoms with Crippen LogP contribution in [0.3, 0.4) is 0 Å². The molecule has 0 spiro atoms. The lowest BCUT2D eigenvalue weighted by molar-refractivity contribution is -0.401. The smallest absolute Gasteiger partial charge is 0.306 e. The van der Waals surface area contributed by atoms with E-state index >= 15 is 0 Å². The zero-order valence-corrected chi connectivity index (χ0v) is 13.8. The molecular weight excluding hydrogens is 393 g/mol. The molecule has 132 valence electrons. The lowest BCUT2D eigenvalue weighted by atomic mass is 10.1. The third kappa shape index (κ3) is 3.61. The predicted molar refractivity (Wildman–Crippen MR) is 90.9 cm³/mol. The number of nitrogens with zero attached hydrogens (tertiary/aromatic N) is 4. The summed E-state index contributed by atoms with van der Waals surface area (Å²) in [6.45, 7) is 0. The average Bonchev–Trinajstić information content (AvgIpc) is 2.56. The highest BCUT2D eigenvalue weighted by Gasteiger charge is 2.31. The third-order valence-electron chi connectivity index (χ3n) is 3.11. The predicted octanol–water partition coefficient (Wildman–Crippen LogP) is 4.33. The number of nitriles is 1. The van der Waals surface area contributed by atoms with Crippen LogP contribution in [0.2, 0.25) is 10.0 Å². The Kier molecular flexibility index (Phi) is 5.20. The summed E-state index contributed by atoms with van der Waals surface area (Å²) in [4.78, 5) is 30.3. The van der Waals surface area contributed by atoms with E-state index in [9.17, 15) is 30.3 Å². The highest BCUT2D eigenvalue weighted by molar-refractivity contribution is 6.39. The number of hydrogen-bond acceptors (Lipinski definition) is 8. The maximum Gasteiger partial charge on any atom is 0.306 e. The molecule has 0 aliphatic heterocycles. The molecule has 2 aromatic carbocycles. The Labute approximate surface area is 153 Å². The van der Waals surface area contributed by atoms with Crippen LogP contribution in [0.5, 0.6) is 0 Å². The molecule has 2 aromatic rings. The van der Waals surface area contributed by atoms with E-state index < -0.39 is 37.5 Å². The molecule has 0 heterocycles. The molecule has 0 bridgehead atoms. The zero-order chi connectivity index (χ0) is 19.6. The van der Waals surface area contributed by atoms with Crippen molar-refractivity contribution < 1.29 is 14.8 Å². The average molecular weight is 398 g/mol. The molecule has 26 heavy (non-hydrogen) atoms. The molecular formula is C13H5Cl2N5O6. The highest BCUT2D eigenvalue weighted by atomic mass is 35.5. The molecule has 0 saturated heterocycles. The van der Waals surface area contributed by atoms with Gasteiger partial charge in [0.1, 0.15) is 0 Å². The van der Waals surface area contributed by atoms with E-state index in [4.69, 9.17) is 28.5 Å². The van der Waals surface area contributed by atoms with Crippen molar-refractivity contribution in [1.29, 1.82) is 5.26 Å². The maximum atomic E-state index is 11.2. The normalized spacial score (nSPS) is 10.0. The minimum Gasteiger partial charge on any atom is -0.342 e. The molecule has 0 aromatic heterocycles. The fourth-order valence-corrected chi connectivity index (χ4v) is 2.58. The SMILES string of the molecule is N#Cc1cc(Cl)c(Nc2c([N+](=O)[O-])cc([N+](=O)[O-])cc2[N+](=O)[O-])c(Cl)c1. The largest absolute Gasteiger partial charge is 0.342 e. The lowest BCUT2D eigenvalue weighted by Gasteiger charge is -2.11. The van der Waals surface area contributed by atoms with Crippen LogP contribution >= 0.6 is 23.2 Å². The van der Waals surface area contributed by atoms with Crippen LogP contribution in [0.1, 0.15) is 5.56 Å². The number of non-ortho nitro benzene ring substituents is 1. The quantitative estimate of drug-likeness (QED) is 0.574. The van der Waals surface area contributed by atoms with E-state index in [0.717, 1.165) is 0 Å². The Morgan fingerprint density at radius 3 is 1.65 bits per heavy atom. The molecule has 0 unspecified atom stereocenters. The Morgan fingerprint density at radius 2 is 1.31 bits per heavy atom. The standard InChI is InChI=1S/C13H5Cl2N5O6/c14-8-1-6(5-16)2-9(15)12(8)17-13-10(19(23)24)3-7(18(21)22)4-11(13)20(25)26/h1-4,17H. The van der Waals surface area contributed by atoms with E-state index in [2.05, 4.69) is 5.32 Å². The van der Waals surface area contributed by atoms with E-state index in [-0.39, 0.29) is 21.3 Å². The number of nitrogens with one attached hydrogen (secondary N) is 1. The van der Waals surface area contributed by atoms with Crippen molar-refractivity contribution in [3.63, 3.8) is 0 Å². The van der Waals surface area contributed by atoms with E-state index in [0.29, 0.717) is 12.1 Å². The first-order valence-corrected chi connectivity index (χ1v) is 7.18. The van der Waals surface area contributed by atoms with E-state index in [1.165, 1.54) is 12.1 Å². The van der Waals surface area contributed by atoms with Crippen LogP contribution in [0.15, 0.2) is 24.3 Å². The van der Waals surface area contributed by atoms with Crippen molar-refractivity contribution in [3.05, 3.63) is 70.2 Å². The molecule has 0 aliphatic carbocycles. The number of nitro groups is 3. The number of anilines is 2. The van der Waals surface area contributed by atoms with Crippen molar-refractivity contribution in [2.24, 2.45) is 0 Å². The van der Waals surface area contributed by atoms with Crippen LogP contribution in [-0.4, -0.2) is 14.8 Å². The van der Waals surface area contributed by atoms with Crippen LogP contribution in [0.4, 0.5) is 28.4 Å². The minimum absolute atomic E-state index is 0.0956. The summed E-state index contributed by atoms with van der Waals surface area (Å²) in [6.07, 6.45) is 0. The summed E-state index contributed by atoms with van der Waals surface area (Å²) in [5.41, 5.74) is -3.33. The van der Waals surface area contributed by atoms with Gasteiger partial charge in [0.25, 0.3) is 5.69 Å². The summed E-state index contributed by atoms with van der Waals surface area (Å²) in [5.74, 6) is 0. The van der Waals surface area contributed by atoms with Gasteiger partial charge in [0.2, 0.25) is 0 Å². The Bertz CT molecular complexity index is 945. The van der Waals surface area contributed by atoms with Gasteiger partial charge in [0.15, 0.2) is 5.69 Å². The van der Waals surface area contributed by atoms with Gasteiger partial charge in [0.05, 0.1) is 54.3 Å². The Morgan fingerprint density at radius 1 is 0.846 bits per heavy atom. The first-order chi connectivity index (χ1) is 12.1. The Hall–Kier alpha value is -3.49. The van der Waals surface area contributed by atoms with Crippen LogP contribution in [0, 0.1) is 41.7 Å². The molecule has 0 fully saturated rings. The number of rotatable bonds is 5. The minimum atomic E-state index is -1.02. The van der Waals surface area contributed by atoms with Gasteiger partial charge >= 0.3 is 11.4 Å². The van der Waals surface area contributed by atoms with Gasteiger partial charge in [-0.1, -0.05) is 23.2 Å².